The zero-order chi connectivity index (χ0) is 13.8. The SMILES string of the molecule is CC(C)CC(CO)Nc1cccc(C(F)(F)F)n1. The van der Waals surface area contributed by atoms with Crippen molar-refractivity contribution in [3.8, 4) is 0 Å². The van der Waals surface area contributed by atoms with Crippen molar-refractivity contribution in [1.82, 2.24) is 4.98 Å². The molecule has 1 aromatic heterocycles. The quantitative estimate of drug-likeness (QED) is 0.857. The van der Waals surface area contributed by atoms with Gasteiger partial charge in [-0.25, -0.2) is 4.98 Å². The largest absolute Gasteiger partial charge is 0.433 e. The molecule has 2 N–H and O–H groups in total. The first-order valence-electron chi connectivity index (χ1n) is 5.74. The Morgan fingerprint density at radius 3 is 2.50 bits per heavy atom. The van der Waals surface area contributed by atoms with E-state index in [0.29, 0.717) is 12.3 Å². The molecule has 1 aromatic rings. The van der Waals surface area contributed by atoms with Crippen LogP contribution in [-0.2, 0) is 6.18 Å². The van der Waals surface area contributed by atoms with Gasteiger partial charge in [-0.3, -0.25) is 0 Å². The summed E-state index contributed by atoms with van der Waals surface area (Å²) in [5.74, 6) is 0.463. The predicted octanol–water partition coefficient (Wildman–Crippen LogP) is 2.92. The Morgan fingerprint density at radius 1 is 1.33 bits per heavy atom. The van der Waals surface area contributed by atoms with Crippen LogP contribution in [0, 0.1) is 5.92 Å². The van der Waals surface area contributed by atoms with Gasteiger partial charge in [-0.1, -0.05) is 19.9 Å². The van der Waals surface area contributed by atoms with E-state index in [4.69, 9.17) is 5.11 Å². The minimum atomic E-state index is -4.45. The van der Waals surface area contributed by atoms with Gasteiger partial charge in [-0.15, -0.1) is 0 Å². The average Bonchev–Trinajstić information content (AvgIpc) is 2.26. The van der Waals surface area contributed by atoms with Gasteiger partial charge >= 0.3 is 6.18 Å². The fourth-order valence-electron chi connectivity index (χ4n) is 1.63. The van der Waals surface area contributed by atoms with Crippen LogP contribution in [-0.4, -0.2) is 22.7 Å². The smallest absolute Gasteiger partial charge is 0.394 e. The van der Waals surface area contributed by atoms with Gasteiger partial charge in [0, 0.05) is 0 Å². The van der Waals surface area contributed by atoms with Gasteiger partial charge in [0.1, 0.15) is 11.5 Å². The number of aliphatic hydroxyl groups is 1. The Hall–Kier alpha value is -1.30. The van der Waals surface area contributed by atoms with E-state index >= 15 is 0 Å². The topological polar surface area (TPSA) is 45.1 Å². The van der Waals surface area contributed by atoms with Gasteiger partial charge in [0.2, 0.25) is 0 Å². The van der Waals surface area contributed by atoms with Crippen molar-refractivity contribution in [3.05, 3.63) is 23.9 Å². The van der Waals surface area contributed by atoms with E-state index in [2.05, 4.69) is 10.3 Å². The number of pyridine rings is 1. The molecular formula is C12H17F3N2O. The Kier molecular flexibility index (Phi) is 4.95. The number of hydrogen-bond acceptors (Lipinski definition) is 3. The highest BCUT2D eigenvalue weighted by Crippen LogP contribution is 2.28. The second-order valence-electron chi connectivity index (χ2n) is 4.56. The second-order valence-corrected chi connectivity index (χ2v) is 4.56. The average molecular weight is 262 g/mol. The molecule has 1 unspecified atom stereocenters. The minimum absolute atomic E-state index is 0.129. The third-order valence-electron chi connectivity index (χ3n) is 2.37. The predicted molar refractivity (Wildman–Crippen MR) is 63.2 cm³/mol. The molecule has 18 heavy (non-hydrogen) atoms. The van der Waals surface area contributed by atoms with Gasteiger partial charge in [0.15, 0.2) is 0 Å². The van der Waals surface area contributed by atoms with Crippen molar-refractivity contribution in [3.63, 3.8) is 0 Å². The summed E-state index contributed by atoms with van der Waals surface area (Å²) in [5, 5.41) is 12.0. The Morgan fingerprint density at radius 2 is 2.00 bits per heavy atom. The molecule has 0 aromatic carbocycles. The summed E-state index contributed by atoms with van der Waals surface area (Å²) in [6, 6.07) is 3.38. The molecule has 0 saturated carbocycles. The lowest BCUT2D eigenvalue weighted by Gasteiger charge is -2.19. The monoisotopic (exact) mass is 262 g/mol. The summed E-state index contributed by atoms with van der Waals surface area (Å²) in [4.78, 5) is 3.49. The van der Waals surface area contributed by atoms with Gasteiger partial charge < -0.3 is 10.4 Å². The lowest BCUT2D eigenvalue weighted by Crippen LogP contribution is -2.26. The number of nitrogens with one attached hydrogen (secondary N) is 1. The van der Waals surface area contributed by atoms with E-state index in [0.717, 1.165) is 6.07 Å². The number of halogens is 3. The molecule has 3 nitrogen and oxygen atoms in total. The second kappa shape index (κ2) is 6.04. The maximum absolute atomic E-state index is 12.5. The Balaban J connectivity index is 2.78. The maximum atomic E-state index is 12.5. The van der Waals surface area contributed by atoms with Crippen molar-refractivity contribution < 1.29 is 18.3 Å². The highest BCUT2D eigenvalue weighted by atomic mass is 19.4. The van der Waals surface area contributed by atoms with Crippen LogP contribution in [0.4, 0.5) is 19.0 Å². The van der Waals surface area contributed by atoms with E-state index in [1.54, 1.807) is 0 Å². The first-order chi connectivity index (χ1) is 8.32. The van der Waals surface area contributed by atoms with Crippen LogP contribution in [0.25, 0.3) is 0 Å². The van der Waals surface area contributed by atoms with Crippen molar-refractivity contribution in [2.45, 2.75) is 32.5 Å². The molecule has 0 aliphatic rings. The summed E-state index contributed by atoms with van der Waals surface area (Å²) < 4.78 is 37.4. The van der Waals surface area contributed by atoms with Crippen molar-refractivity contribution in [1.29, 1.82) is 0 Å². The number of hydrogen-bond donors (Lipinski definition) is 2. The molecule has 0 radical (unpaired) electrons. The van der Waals surface area contributed by atoms with Crippen molar-refractivity contribution in [2.24, 2.45) is 5.92 Å². The molecule has 0 fully saturated rings. The lowest BCUT2D eigenvalue weighted by atomic mass is 10.0. The van der Waals surface area contributed by atoms with E-state index in [-0.39, 0.29) is 18.5 Å². The van der Waals surface area contributed by atoms with Crippen LogP contribution in [0.3, 0.4) is 0 Å². The van der Waals surface area contributed by atoms with E-state index in [9.17, 15) is 13.2 Å². The van der Waals surface area contributed by atoms with E-state index in [1.165, 1.54) is 12.1 Å². The van der Waals surface area contributed by atoms with Crippen LogP contribution >= 0.6 is 0 Å². The maximum Gasteiger partial charge on any atom is 0.433 e. The van der Waals surface area contributed by atoms with Gasteiger partial charge in [0.05, 0.1) is 12.6 Å². The number of aromatic nitrogens is 1. The number of aliphatic hydroxyl groups excluding tert-OH is 1. The lowest BCUT2D eigenvalue weighted by molar-refractivity contribution is -0.141. The molecule has 0 bridgehead atoms. The Labute approximate surface area is 104 Å². The van der Waals surface area contributed by atoms with Gasteiger partial charge in [-0.05, 0) is 24.5 Å². The summed E-state index contributed by atoms with van der Waals surface area (Å²) in [6.07, 6.45) is -3.79. The molecular weight excluding hydrogens is 245 g/mol. The molecule has 1 rings (SSSR count). The zero-order valence-corrected chi connectivity index (χ0v) is 10.3. The molecule has 0 saturated heterocycles. The fourth-order valence-corrected chi connectivity index (χ4v) is 1.63. The molecule has 0 aliphatic carbocycles. The number of anilines is 1. The Bertz CT molecular complexity index is 380. The molecule has 102 valence electrons. The van der Waals surface area contributed by atoms with Gasteiger partial charge in [-0.2, -0.15) is 13.2 Å². The third kappa shape index (κ3) is 4.52. The summed E-state index contributed by atoms with van der Waals surface area (Å²) in [5.41, 5.74) is -0.936. The van der Waals surface area contributed by atoms with Gasteiger partial charge in [0.25, 0.3) is 0 Å². The molecule has 0 aliphatic heterocycles. The summed E-state index contributed by atoms with van der Waals surface area (Å²) in [7, 11) is 0. The zero-order valence-electron chi connectivity index (χ0n) is 10.3. The van der Waals surface area contributed by atoms with E-state index < -0.39 is 11.9 Å². The number of rotatable bonds is 5. The normalized spacial score (nSPS) is 13.7. The highest BCUT2D eigenvalue weighted by molar-refractivity contribution is 5.37. The first kappa shape index (κ1) is 14.8. The van der Waals surface area contributed by atoms with Crippen LogP contribution in [0.1, 0.15) is 26.0 Å². The molecule has 0 spiro atoms. The summed E-state index contributed by atoms with van der Waals surface area (Å²) in [6.45, 7) is 3.81. The highest BCUT2D eigenvalue weighted by Gasteiger charge is 2.32. The molecule has 6 heteroatoms. The first-order valence-corrected chi connectivity index (χ1v) is 5.74. The van der Waals surface area contributed by atoms with Crippen LogP contribution in [0.5, 0.6) is 0 Å². The van der Waals surface area contributed by atoms with E-state index in [1.807, 2.05) is 13.8 Å². The van der Waals surface area contributed by atoms with Crippen LogP contribution in [0.15, 0.2) is 18.2 Å². The fraction of sp³-hybridized carbons (Fsp3) is 0.583. The molecule has 0 amide bonds. The molecule has 1 atom stereocenters. The van der Waals surface area contributed by atoms with Crippen molar-refractivity contribution >= 4 is 5.82 Å². The summed E-state index contributed by atoms with van der Waals surface area (Å²) >= 11 is 0. The standard InChI is InChI=1S/C12H17F3N2O/c1-8(2)6-9(7-18)16-11-5-3-4-10(17-11)12(13,14)15/h3-5,8-9,18H,6-7H2,1-2H3,(H,16,17). The van der Waals surface area contributed by atoms with Crippen LogP contribution < -0.4 is 5.32 Å². The minimum Gasteiger partial charge on any atom is -0.394 e. The molecule has 1 heterocycles. The third-order valence-corrected chi connectivity index (χ3v) is 2.37. The number of nitrogens with zero attached hydrogens (tertiary/aromatic N) is 1. The number of alkyl halides is 3. The van der Waals surface area contributed by atoms with Crippen LogP contribution in [0.2, 0.25) is 0 Å². The van der Waals surface area contributed by atoms with Crippen molar-refractivity contribution in [2.75, 3.05) is 11.9 Å².